The first-order valence-electron chi connectivity index (χ1n) is 12.0. The van der Waals surface area contributed by atoms with Crippen molar-refractivity contribution in [2.45, 2.75) is 51.4 Å². The minimum Gasteiger partial charge on any atom is -0.550 e. The molecule has 1 heterocycles. The predicted octanol–water partition coefficient (Wildman–Crippen LogP) is 2.67. The Kier molecular flexibility index (Phi) is 9.32. The second-order valence-electron chi connectivity index (χ2n) is 9.23. The first-order valence-corrected chi connectivity index (χ1v) is 12.0. The largest absolute Gasteiger partial charge is 0.550 e. The van der Waals surface area contributed by atoms with Gasteiger partial charge in [-0.25, -0.2) is 9.07 Å². The molecule has 2 aromatic carbocycles. The average Bonchev–Trinajstić information content (AvgIpc) is 3.22. The molecule has 0 saturated carbocycles. The van der Waals surface area contributed by atoms with Crippen molar-refractivity contribution in [3.63, 3.8) is 0 Å². The number of aliphatic hydroxyl groups excluding tert-OH is 2. The van der Waals surface area contributed by atoms with E-state index >= 15 is 0 Å². The number of nitrogens with zero attached hydrogens (tertiary/aromatic N) is 3. The monoisotopic (exact) mass is 508 g/mol. The normalized spacial score (nSPS) is 13.2. The van der Waals surface area contributed by atoms with Gasteiger partial charge in [-0.05, 0) is 41.8 Å². The smallest absolute Gasteiger partial charge is 0.274 e. The molecule has 9 heteroatoms. The van der Waals surface area contributed by atoms with Gasteiger partial charge in [0.05, 0.1) is 23.6 Å². The molecule has 0 spiro atoms. The number of carbonyl (C=O) groups is 2. The van der Waals surface area contributed by atoms with Crippen molar-refractivity contribution in [3.05, 3.63) is 89.0 Å². The molecule has 37 heavy (non-hydrogen) atoms. The van der Waals surface area contributed by atoms with Crippen molar-refractivity contribution < 1.29 is 29.3 Å². The summed E-state index contributed by atoms with van der Waals surface area (Å²) in [4.78, 5) is 25.8. The lowest BCUT2D eigenvalue weighted by molar-refractivity contribution is -0.307. The zero-order valence-electron chi connectivity index (χ0n) is 21.0. The number of carboxylic acid groups (broad SMARTS) is 1. The Morgan fingerprint density at radius 2 is 1.76 bits per heavy atom. The molecule has 0 aliphatic heterocycles. The minimum atomic E-state index is -1.41. The SMILES string of the molecule is CC(C)c1c(C(=O)N(C)Cc2ccccc2)nn(-c2ccc(F)cc2)c1/C=C/[C@@H](O)C[C@@H](O)CC(=O)[O-]. The fourth-order valence-electron chi connectivity index (χ4n) is 4.05. The molecule has 1 aromatic heterocycles. The van der Waals surface area contributed by atoms with Crippen LogP contribution in [0.15, 0.2) is 60.7 Å². The van der Waals surface area contributed by atoms with Crippen LogP contribution in [0.1, 0.15) is 59.9 Å². The second kappa shape index (κ2) is 12.4. The van der Waals surface area contributed by atoms with Gasteiger partial charge in [-0.2, -0.15) is 5.10 Å². The van der Waals surface area contributed by atoms with Gasteiger partial charge in [0, 0.05) is 38.0 Å². The number of aliphatic hydroxyl groups is 2. The Balaban J connectivity index is 2.02. The average molecular weight is 509 g/mol. The van der Waals surface area contributed by atoms with Crippen LogP contribution in [0.25, 0.3) is 11.8 Å². The van der Waals surface area contributed by atoms with Gasteiger partial charge in [0.15, 0.2) is 5.69 Å². The first-order chi connectivity index (χ1) is 17.6. The van der Waals surface area contributed by atoms with Gasteiger partial charge in [0.25, 0.3) is 5.91 Å². The highest BCUT2D eigenvalue weighted by Crippen LogP contribution is 2.29. The van der Waals surface area contributed by atoms with Gasteiger partial charge >= 0.3 is 0 Å². The predicted molar refractivity (Wildman–Crippen MR) is 135 cm³/mol. The summed E-state index contributed by atoms with van der Waals surface area (Å²) in [6.07, 6.45) is -0.259. The zero-order valence-corrected chi connectivity index (χ0v) is 21.0. The fraction of sp³-hybridized carbons (Fsp3) is 0.321. The number of rotatable bonds is 11. The minimum absolute atomic E-state index is 0.140. The van der Waals surface area contributed by atoms with Gasteiger partial charge in [-0.1, -0.05) is 50.3 Å². The molecule has 8 nitrogen and oxygen atoms in total. The number of carbonyl (C=O) groups excluding carboxylic acids is 2. The molecule has 1 amide bonds. The van der Waals surface area contributed by atoms with E-state index in [-0.39, 0.29) is 23.9 Å². The van der Waals surface area contributed by atoms with E-state index in [1.807, 2.05) is 44.2 Å². The van der Waals surface area contributed by atoms with Gasteiger partial charge in [-0.3, -0.25) is 4.79 Å². The quantitative estimate of drug-likeness (QED) is 0.411. The van der Waals surface area contributed by atoms with Gasteiger partial charge < -0.3 is 25.0 Å². The van der Waals surface area contributed by atoms with Crippen molar-refractivity contribution in [2.24, 2.45) is 0 Å². The Labute approximate surface area is 215 Å². The first kappa shape index (κ1) is 27.8. The van der Waals surface area contributed by atoms with Crippen molar-refractivity contribution in [3.8, 4) is 5.69 Å². The van der Waals surface area contributed by atoms with Crippen LogP contribution in [0, 0.1) is 5.82 Å². The van der Waals surface area contributed by atoms with Crippen LogP contribution in [0.3, 0.4) is 0 Å². The highest BCUT2D eigenvalue weighted by molar-refractivity contribution is 5.95. The van der Waals surface area contributed by atoms with E-state index in [1.54, 1.807) is 18.0 Å². The molecule has 0 bridgehead atoms. The van der Waals surface area contributed by atoms with Crippen molar-refractivity contribution in [2.75, 3.05) is 7.05 Å². The number of amides is 1. The van der Waals surface area contributed by atoms with Gasteiger partial charge in [0.1, 0.15) is 5.82 Å². The summed E-state index contributed by atoms with van der Waals surface area (Å²) < 4.78 is 15.1. The van der Waals surface area contributed by atoms with E-state index in [0.29, 0.717) is 23.5 Å². The Bertz CT molecular complexity index is 1240. The van der Waals surface area contributed by atoms with E-state index in [9.17, 15) is 29.3 Å². The molecule has 0 aliphatic rings. The van der Waals surface area contributed by atoms with Crippen LogP contribution >= 0.6 is 0 Å². The molecule has 2 atom stereocenters. The number of hydrogen-bond acceptors (Lipinski definition) is 6. The Hall–Kier alpha value is -3.82. The molecule has 0 radical (unpaired) electrons. The summed E-state index contributed by atoms with van der Waals surface area (Å²) in [5.41, 5.74) is 2.84. The summed E-state index contributed by atoms with van der Waals surface area (Å²) in [5.74, 6) is -2.28. The lowest BCUT2D eigenvalue weighted by Gasteiger charge is -2.17. The highest BCUT2D eigenvalue weighted by atomic mass is 19.1. The number of carboxylic acids is 1. The van der Waals surface area contributed by atoms with Gasteiger partial charge in [-0.15, -0.1) is 0 Å². The van der Waals surface area contributed by atoms with Crippen molar-refractivity contribution in [1.82, 2.24) is 14.7 Å². The Morgan fingerprint density at radius 3 is 2.35 bits per heavy atom. The third kappa shape index (κ3) is 7.34. The lowest BCUT2D eigenvalue weighted by Crippen LogP contribution is -2.29. The standard InChI is InChI=1S/C28H32FN3O5/c1-18(2)26-24(14-13-22(33)15-23(34)16-25(35)36)32(21-11-9-20(29)10-12-21)30-27(26)28(37)31(3)17-19-7-5-4-6-8-19/h4-14,18,22-23,33-34H,15-17H2,1-3H3,(H,35,36)/p-1/b14-13+/t22-,23-/m1/s1. The second-order valence-corrected chi connectivity index (χ2v) is 9.23. The molecular weight excluding hydrogens is 477 g/mol. The van der Waals surface area contributed by atoms with Crippen LogP contribution in [0.2, 0.25) is 0 Å². The molecule has 0 aliphatic carbocycles. The summed E-state index contributed by atoms with van der Waals surface area (Å²) in [5, 5.41) is 35.5. The van der Waals surface area contributed by atoms with Crippen molar-refractivity contribution in [1.29, 1.82) is 0 Å². The number of benzene rings is 2. The third-order valence-corrected chi connectivity index (χ3v) is 5.81. The van der Waals surface area contributed by atoms with Crippen LogP contribution in [0.4, 0.5) is 4.39 Å². The van der Waals surface area contributed by atoms with E-state index in [1.165, 1.54) is 35.0 Å². The van der Waals surface area contributed by atoms with Crippen LogP contribution in [0.5, 0.6) is 0 Å². The summed E-state index contributed by atoms with van der Waals surface area (Å²) in [6.45, 7) is 4.20. The maximum atomic E-state index is 13.6. The highest BCUT2D eigenvalue weighted by Gasteiger charge is 2.27. The fourth-order valence-corrected chi connectivity index (χ4v) is 4.05. The third-order valence-electron chi connectivity index (χ3n) is 5.81. The van der Waals surface area contributed by atoms with E-state index in [2.05, 4.69) is 5.10 Å². The maximum absolute atomic E-state index is 13.6. The van der Waals surface area contributed by atoms with Crippen LogP contribution in [-0.4, -0.2) is 56.0 Å². The number of halogens is 1. The van der Waals surface area contributed by atoms with E-state index in [0.717, 1.165) is 5.56 Å². The zero-order chi connectivity index (χ0) is 27.1. The number of aliphatic carboxylic acids is 1. The molecule has 0 fully saturated rings. The van der Waals surface area contributed by atoms with Crippen LogP contribution < -0.4 is 5.11 Å². The molecule has 196 valence electrons. The Morgan fingerprint density at radius 1 is 1.11 bits per heavy atom. The molecule has 2 N–H and O–H groups in total. The lowest BCUT2D eigenvalue weighted by atomic mass is 9.98. The van der Waals surface area contributed by atoms with Crippen molar-refractivity contribution >= 4 is 18.0 Å². The maximum Gasteiger partial charge on any atom is 0.274 e. The molecule has 3 aromatic rings. The molecular formula is C28H31FN3O5-. The molecule has 0 unspecified atom stereocenters. The number of aromatic nitrogens is 2. The van der Waals surface area contributed by atoms with Crippen LogP contribution in [-0.2, 0) is 11.3 Å². The summed E-state index contributed by atoms with van der Waals surface area (Å²) in [7, 11) is 1.69. The number of hydrogen-bond donors (Lipinski definition) is 2. The van der Waals surface area contributed by atoms with Gasteiger partial charge in [0.2, 0.25) is 0 Å². The topological polar surface area (TPSA) is 119 Å². The molecule has 0 saturated heterocycles. The van der Waals surface area contributed by atoms with E-state index < -0.39 is 30.4 Å². The summed E-state index contributed by atoms with van der Waals surface area (Å²) in [6, 6.07) is 15.2. The molecule has 3 rings (SSSR count). The summed E-state index contributed by atoms with van der Waals surface area (Å²) >= 11 is 0. The van der Waals surface area contributed by atoms with E-state index in [4.69, 9.17) is 0 Å².